The number of hydrogen-bond acceptors (Lipinski definition) is 13. The molecule has 12 rings (SSSR count). The summed E-state index contributed by atoms with van der Waals surface area (Å²) in [5.74, 6) is -9.43. The number of rotatable bonds is 8. The maximum absolute atomic E-state index is 12.6. The van der Waals surface area contributed by atoms with Crippen molar-refractivity contribution in [3.8, 4) is 0 Å². The fourth-order valence-electron chi connectivity index (χ4n) is 13.2. The molecule has 8 aliphatic carbocycles. The molecule has 8 fully saturated rings. The van der Waals surface area contributed by atoms with Crippen molar-refractivity contribution in [1.82, 2.24) is 19.6 Å². The second-order valence-corrected chi connectivity index (χ2v) is 25.3. The second-order valence-electron chi connectivity index (χ2n) is 18.8. The molecule has 12 aliphatic rings. The number of carboxylic acid groups (broad SMARTS) is 2. The van der Waals surface area contributed by atoms with E-state index in [2.05, 4.69) is 0 Å². The first-order valence-corrected chi connectivity index (χ1v) is 33.1. The first-order valence-electron chi connectivity index (χ1n) is 21.8. The van der Waals surface area contributed by atoms with Crippen LogP contribution < -0.4 is 0 Å². The number of esters is 2. The van der Waals surface area contributed by atoms with Crippen LogP contribution in [0.2, 0.25) is 0 Å². The molecule has 14 N–H and O–H groups in total. The SMILES string of the molecule is C.O.O.O=C(CN1C(=O)[C@@H]2[C@H](C1=O)[C@H]1C=C[C@@H]2C1)OC(=O)CN1C(=O)[C@@H]2[C@H](C1=O)[C@H]1C=C[C@@H]2C1.O=C(O)CN1C(=O)[C@@H]2[C@H](C1=O)[C@H]1C=C[C@@H]2C1.O=C(O)CN1C(=O)[C@@H]2[C@H](C1=O)[C@H]1C=C[C@@H]2C1.[Cl][Pt+2][Cl].[Cl][Pt+2][Cl].[NH2-].[NH2-].[NH2-].[NH2-]. The molecule has 25 nitrogen and oxygen atoms in total. The number of carbonyl (C=O) groups is 12. The summed E-state index contributed by atoms with van der Waals surface area (Å²) in [7, 11) is 19.5. The molecular formula is C45H58Cl4N8O17Pt2. The van der Waals surface area contributed by atoms with Crippen LogP contribution in [-0.2, 0) is 95.2 Å². The molecule has 4 aliphatic heterocycles. The van der Waals surface area contributed by atoms with Gasteiger partial charge in [-0.25, -0.2) is 9.59 Å². The fraction of sp³-hybridized carbons (Fsp3) is 0.556. The fourth-order valence-corrected chi connectivity index (χ4v) is 13.2. The maximum Gasteiger partial charge on any atom is -0.693 e. The van der Waals surface area contributed by atoms with Crippen molar-refractivity contribution < 1.29 is 116 Å². The summed E-state index contributed by atoms with van der Waals surface area (Å²) in [6.07, 6.45) is 19.0. The van der Waals surface area contributed by atoms with Gasteiger partial charge in [0.1, 0.15) is 26.2 Å². The molecule has 4 saturated heterocycles. The Morgan fingerprint density at radius 3 is 0.684 bits per heavy atom. The summed E-state index contributed by atoms with van der Waals surface area (Å²) in [4.78, 5) is 147. The van der Waals surface area contributed by atoms with Crippen molar-refractivity contribution in [2.75, 3.05) is 26.2 Å². The Kier molecular flexibility index (Phi) is 25.9. The molecule has 76 heavy (non-hydrogen) atoms. The minimum Gasteiger partial charge on any atom is -0.693 e. The van der Waals surface area contributed by atoms with Gasteiger partial charge in [-0.2, -0.15) is 0 Å². The minimum atomic E-state index is -1.14. The van der Waals surface area contributed by atoms with Crippen LogP contribution >= 0.6 is 37.7 Å². The van der Waals surface area contributed by atoms with Gasteiger partial charge in [-0.05, 0) is 73.0 Å². The Morgan fingerprint density at radius 2 is 0.539 bits per heavy atom. The van der Waals surface area contributed by atoms with E-state index in [1.165, 1.54) is 0 Å². The number of ether oxygens (including phenoxy) is 1. The molecule has 0 radical (unpaired) electrons. The van der Waals surface area contributed by atoms with E-state index in [9.17, 15) is 57.5 Å². The van der Waals surface area contributed by atoms with Crippen LogP contribution in [0.15, 0.2) is 48.6 Å². The molecule has 8 amide bonds. The summed E-state index contributed by atoms with van der Waals surface area (Å²) in [6.45, 7) is -2.28. The monoisotopic (exact) mass is 1510 g/mol. The quantitative estimate of drug-likeness (QED) is 0.150. The summed E-state index contributed by atoms with van der Waals surface area (Å²) in [5.41, 5.74) is 0. The van der Waals surface area contributed by atoms with Gasteiger partial charge in [0.25, 0.3) is 0 Å². The van der Waals surface area contributed by atoms with Gasteiger partial charge in [-0.15, -0.1) is 0 Å². The van der Waals surface area contributed by atoms with E-state index < -0.39 is 130 Å². The number of fused-ring (bicyclic) bond motifs is 20. The predicted octanol–water partition coefficient (Wildman–Crippen LogP) is 4.03. The number of carboxylic acids is 2. The molecule has 8 bridgehead atoms. The normalized spacial score (nSPS) is 34.0. The third kappa shape index (κ3) is 12.4. The Morgan fingerprint density at radius 1 is 0.395 bits per heavy atom. The van der Waals surface area contributed by atoms with E-state index >= 15 is 0 Å². The van der Waals surface area contributed by atoms with Crippen LogP contribution in [0.25, 0.3) is 24.6 Å². The summed E-state index contributed by atoms with van der Waals surface area (Å²) in [6, 6.07) is 0. The molecule has 4 heterocycles. The van der Waals surface area contributed by atoms with Gasteiger partial charge >= 0.3 is 94.5 Å². The molecule has 0 spiro atoms. The van der Waals surface area contributed by atoms with Crippen molar-refractivity contribution in [3.63, 3.8) is 0 Å². The van der Waals surface area contributed by atoms with Gasteiger partial charge in [0, 0.05) is 0 Å². The molecule has 16 atom stereocenters. The molecule has 31 heteroatoms. The van der Waals surface area contributed by atoms with Crippen molar-refractivity contribution in [3.05, 3.63) is 73.2 Å². The smallest absolute Gasteiger partial charge is 0.693 e. The second kappa shape index (κ2) is 28.2. The van der Waals surface area contributed by atoms with Gasteiger partial charge in [-0.3, -0.25) is 67.5 Å². The van der Waals surface area contributed by atoms with Crippen molar-refractivity contribution in [2.45, 2.75) is 33.1 Å². The zero-order valence-corrected chi connectivity index (χ0v) is 46.5. The largest absolute Gasteiger partial charge is 0.693 e. The van der Waals surface area contributed by atoms with E-state index in [4.69, 9.17) is 52.6 Å². The number of halogens is 4. The number of nitrogens with two attached hydrogens (primary N) is 4. The standard InChI is InChI=1S/C22H20N2O7.2C11H11NO4.CH4.4ClH.4H2N.2H2O.2Pt/c25-13(7-23-19(27)15-9-1-2-10(5-9)16(15)20(23)28)31-14(26)8-24-21(29)17-11-3-4-12(6-11)18(17)22(24)30;2*13-7(14)4-12-10(15)8-5-1-2-6(3-5)9(8)11(12)16;;;;;;;;;;;;;/h1-4,9-12,15-18H,5-8H2;2*1-2,5-6,8-9H,3-4H2,(H,13,14);1H4;4*1H;6*1H2;;/q;;;;;;;;4*-1;;;2*+4/p-4/t9-,10+,11-,12+,15+,16-,17+,18-;2*5-,6+,8+,9-;;;;;;;;;;;;;. The first-order chi connectivity index (χ1) is 32.9. The van der Waals surface area contributed by atoms with E-state index in [0.29, 0.717) is 0 Å². The average molecular weight is 1510 g/mol. The van der Waals surface area contributed by atoms with Crippen LogP contribution in [0.4, 0.5) is 0 Å². The van der Waals surface area contributed by atoms with Gasteiger partial charge in [0.2, 0.25) is 47.3 Å². The Labute approximate surface area is 468 Å². The Hall–Kier alpha value is -4.10. The number of imide groups is 4. The van der Waals surface area contributed by atoms with Gasteiger partial charge < -0.3 is 50.5 Å². The third-order valence-corrected chi connectivity index (χ3v) is 15.6. The number of amides is 8. The minimum absolute atomic E-state index is 0. The molecule has 0 aromatic rings. The van der Waals surface area contributed by atoms with Crippen LogP contribution in [0.3, 0.4) is 0 Å². The topological polar surface area (TPSA) is 464 Å². The van der Waals surface area contributed by atoms with Crippen molar-refractivity contribution in [1.29, 1.82) is 0 Å². The summed E-state index contributed by atoms with van der Waals surface area (Å²) < 4.78 is 4.75. The Balaban J connectivity index is 0.000000553. The van der Waals surface area contributed by atoms with E-state index in [0.717, 1.165) is 45.3 Å². The number of hydrogen-bond donors (Lipinski definition) is 2. The first kappa shape index (κ1) is 69.9. The molecule has 0 unspecified atom stereocenters. The average Bonchev–Trinajstić information content (AvgIpc) is 4.15. The van der Waals surface area contributed by atoms with Crippen LogP contribution in [0.5, 0.6) is 0 Å². The van der Waals surface area contributed by atoms with Gasteiger partial charge in [0.15, 0.2) is 0 Å². The number of aliphatic carboxylic acids is 2. The van der Waals surface area contributed by atoms with Gasteiger partial charge in [-0.1, -0.05) is 56.0 Å². The van der Waals surface area contributed by atoms with Crippen LogP contribution in [0.1, 0.15) is 33.1 Å². The molecule has 0 aromatic carbocycles. The zero-order valence-electron chi connectivity index (χ0n) is 39.0. The Bertz CT molecular complexity index is 2170. The third-order valence-electron chi connectivity index (χ3n) is 15.6. The van der Waals surface area contributed by atoms with E-state index in [1.54, 1.807) is 0 Å². The van der Waals surface area contributed by atoms with Crippen LogP contribution in [0, 0.1) is 94.7 Å². The number of likely N-dealkylation sites (tertiary alicyclic amines) is 4. The molecular weight excluding hydrogens is 1460 g/mol. The van der Waals surface area contributed by atoms with Crippen LogP contribution in [-0.4, -0.2) is 138 Å². The van der Waals surface area contributed by atoms with Gasteiger partial charge in [0.05, 0.1) is 47.3 Å². The maximum atomic E-state index is 12.6. The number of nitrogens with zero attached hydrogens (tertiary/aromatic N) is 4. The predicted molar refractivity (Wildman–Crippen MR) is 263 cm³/mol. The number of carbonyl (C=O) groups excluding carboxylic acids is 10. The van der Waals surface area contributed by atoms with Crippen molar-refractivity contribution >= 4 is 109 Å². The van der Waals surface area contributed by atoms with E-state index in [-0.39, 0.29) is 138 Å². The summed E-state index contributed by atoms with van der Waals surface area (Å²) >= 11 is -0.944. The number of allylic oxidation sites excluding steroid dienone is 8. The molecule has 0 aromatic heterocycles. The zero-order chi connectivity index (χ0) is 49.9. The van der Waals surface area contributed by atoms with E-state index in [1.807, 2.05) is 48.6 Å². The molecule has 428 valence electrons. The molecule has 4 saturated carbocycles. The summed E-state index contributed by atoms with van der Waals surface area (Å²) in [5, 5.41) is 17.3. The van der Waals surface area contributed by atoms with Crippen molar-refractivity contribution in [2.24, 2.45) is 94.7 Å².